The normalized spacial score (nSPS) is 11.2. The van der Waals surface area contributed by atoms with Crippen LogP contribution in [0.15, 0.2) is 12.3 Å². The SMILES string of the molecule is C=C(O)CN(CCO)CCNC(C)C. The molecule has 84 valence electrons. The molecule has 0 aliphatic carbocycles. The number of hydrogen-bond donors (Lipinski definition) is 3. The van der Waals surface area contributed by atoms with E-state index in [0.29, 0.717) is 19.1 Å². The average molecular weight is 202 g/mol. The first kappa shape index (κ1) is 13.4. The van der Waals surface area contributed by atoms with Crippen molar-refractivity contribution in [1.82, 2.24) is 10.2 Å². The molecule has 0 aliphatic rings. The Morgan fingerprint density at radius 3 is 2.50 bits per heavy atom. The Bertz CT molecular complexity index is 160. The van der Waals surface area contributed by atoms with Gasteiger partial charge >= 0.3 is 0 Å². The third-order valence-electron chi connectivity index (χ3n) is 1.80. The molecule has 4 heteroatoms. The number of aliphatic hydroxyl groups excluding tert-OH is 2. The summed E-state index contributed by atoms with van der Waals surface area (Å²) < 4.78 is 0. The quantitative estimate of drug-likeness (QED) is 0.497. The van der Waals surface area contributed by atoms with E-state index in [1.807, 2.05) is 4.90 Å². The standard InChI is InChI=1S/C10H22N2O2/c1-9(2)11-4-5-12(6-7-13)8-10(3)14/h9,11,13-14H,3-8H2,1-2H3. The van der Waals surface area contributed by atoms with E-state index in [4.69, 9.17) is 10.2 Å². The summed E-state index contributed by atoms with van der Waals surface area (Å²) in [5, 5.41) is 21.1. The molecule has 3 N–H and O–H groups in total. The van der Waals surface area contributed by atoms with Crippen molar-refractivity contribution < 1.29 is 10.2 Å². The van der Waals surface area contributed by atoms with Crippen molar-refractivity contribution >= 4 is 0 Å². The Morgan fingerprint density at radius 2 is 2.07 bits per heavy atom. The van der Waals surface area contributed by atoms with Crippen LogP contribution in [-0.4, -0.2) is 53.9 Å². The molecule has 0 atom stereocenters. The van der Waals surface area contributed by atoms with Crippen molar-refractivity contribution in [1.29, 1.82) is 0 Å². The summed E-state index contributed by atoms with van der Waals surface area (Å²) in [6.07, 6.45) is 0. The summed E-state index contributed by atoms with van der Waals surface area (Å²) in [5.41, 5.74) is 0. The van der Waals surface area contributed by atoms with Crippen LogP contribution in [0.4, 0.5) is 0 Å². The Morgan fingerprint density at radius 1 is 1.43 bits per heavy atom. The Labute approximate surface area is 86.2 Å². The average Bonchev–Trinajstić information content (AvgIpc) is 2.02. The molecule has 0 heterocycles. The van der Waals surface area contributed by atoms with Gasteiger partial charge in [0.2, 0.25) is 0 Å². The largest absolute Gasteiger partial charge is 0.512 e. The van der Waals surface area contributed by atoms with E-state index in [9.17, 15) is 0 Å². The molecule has 0 aliphatic heterocycles. The maximum atomic E-state index is 9.02. The van der Waals surface area contributed by atoms with Crippen LogP contribution in [0.2, 0.25) is 0 Å². The third-order valence-corrected chi connectivity index (χ3v) is 1.80. The minimum absolute atomic E-state index is 0.106. The Hall–Kier alpha value is -0.580. The lowest BCUT2D eigenvalue weighted by Gasteiger charge is -2.21. The van der Waals surface area contributed by atoms with Crippen molar-refractivity contribution in [2.24, 2.45) is 0 Å². The Kier molecular flexibility index (Phi) is 7.47. The zero-order valence-electron chi connectivity index (χ0n) is 9.16. The number of aliphatic hydroxyl groups is 2. The van der Waals surface area contributed by atoms with Gasteiger partial charge in [-0.15, -0.1) is 0 Å². The maximum Gasteiger partial charge on any atom is 0.0991 e. The minimum atomic E-state index is 0.106. The van der Waals surface area contributed by atoms with Crippen LogP contribution in [0.3, 0.4) is 0 Å². The lowest BCUT2D eigenvalue weighted by molar-refractivity contribution is 0.189. The molecule has 0 spiro atoms. The van der Waals surface area contributed by atoms with Gasteiger partial charge in [0.25, 0.3) is 0 Å². The van der Waals surface area contributed by atoms with E-state index in [-0.39, 0.29) is 12.4 Å². The minimum Gasteiger partial charge on any atom is -0.512 e. The second-order valence-electron chi connectivity index (χ2n) is 3.67. The molecule has 0 bridgehead atoms. The molecule has 0 aromatic carbocycles. The van der Waals surface area contributed by atoms with Crippen LogP contribution in [-0.2, 0) is 0 Å². The van der Waals surface area contributed by atoms with Crippen LogP contribution in [0.5, 0.6) is 0 Å². The molecule has 0 saturated heterocycles. The second kappa shape index (κ2) is 7.79. The van der Waals surface area contributed by atoms with Gasteiger partial charge in [0.1, 0.15) is 0 Å². The first-order valence-corrected chi connectivity index (χ1v) is 4.99. The molecule has 0 rings (SSSR count). The van der Waals surface area contributed by atoms with Crippen molar-refractivity contribution in [3.63, 3.8) is 0 Å². The van der Waals surface area contributed by atoms with Gasteiger partial charge in [0, 0.05) is 25.7 Å². The highest BCUT2D eigenvalue weighted by Crippen LogP contribution is 1.92. The number of hydrogen-bond acceptors (Lipinski definition) is 4. The second-order valence-corrected chi connectivity index (χ2v) is 3.67. The first-order chi connectivity index (χ1) is 6.56. The zero-order chi connectivity index (χ0) is 11.0. The van der Waals surface area contributed by atoms with Gasteiger partial charge in [-0.05, 0) is 0 Å². The predicted molar refractivity (Wildman–Crippen MR) is 58.4 cm³/mol. The fourth-order valence-electron chi connectivity index (χ4n) is 1.18. The molecule has 14 heavy (non-hydrogen) atoms. The van der Waals surface area contributed by atoms with Gasteiger partial charge in [-0.25, -0.2) is 0 Å². The smallest absolute Gasteiger partial charge is 0.0991 e. The van der Waals surface area contributed by atoms with Crippen LogP contribution >= 0.6 is 0 Å². The van der Waals surface area contributed by atoms with Gasteiger partial charge in [0.05, 0.1) is 18.9 Å². The molecule has 0 saturated carbocycles. The molecule has 4 nitrogen and oxygen atoms in total. The maximum absolute atomic E-state index is 9.02. The third kappa shape index (κ3) is 8.04. The van der Waals surface area contributed by atoms with Crippen LogP contribution < -0.4 is 5.32 Å². The molecule has 0 unspecified atom stereocenters. The van der Waals surface area contributed by atoms with E-state index < -0.39 is 0 Å². The van der Waals surface area contributed by atoms with Gasteiger partial charge in [-0.1, -0.05) is 20.4 Å². The van der Waals surface area contributed by atoms with Gasteiger partial charge < -0.3 is 15.5 Å². The first-order valence-electron chi connectivity index (χ1n) is 4.99. The fourth-order valence-corrected chi connectivity index (χ4v) is 1.18. The number of nitrogens with zero attached hydrogens (tertiary/aromatic N) is 1. The zero-order valence-corrected chi connectivity index (χ0v) is 9.16. The Balaban J connectivity index is 3.67. The number of nitrogens with one attached hydrogen (secondary N) is 1. The monoisotopic (exact) mass is 202 g/mol. The van der Waals surface area contributed by atoms with E-state index >= 15 is 0 Å². The van der Waals surface area contributed by atoms with E-state index in [2.05, 4.69) is 25.7 Å². The van der Waals surface area contributed by atoms with Crippen LogP contribution in [0, 0.1) is 0 Å². The van der Waals surface area contributed by atoms with E-state index in [0.717, 1.165) is 13.1 Å². The molecule has 0 aromatic rings. The topological polar surface area (TPSA) is 55.7 Å². The summed E-state index contributed by atoms with van der Waals surface area (Å²) in [6.45, 7) is 10.4. The molecule has 0 amide bonds. The molecule has 0 fully saturated rings. The lowest BCUT2D eigenvalue weighted by Crippen LogP contribution is -2.37. The summed E-state index contributed by atoms with van der Waals surface area (Å²) in [4.78, 5) is 1.96. The van der Waals surface area contributed by atoms with Crippen LogP contribution in [0.25, 0.3) is 0 Å². The molecular formula is C10H22N2O2. The highest BCUT2D eigenvalue weighted by Gasteiger charge is 2.05. The molecule has 0 radical (unpaired) electrons. The fraction of sp³-hybridized carbons (Fsp3) is 0.800. The summed E-state index contributed by atoms with van der Waals surface area (Å²) in [6, 6.07) is 0.461. The van der Waals surface area contributed by atoms with E-state index in [1.54, 1.807) is 0 Å². The molecular weight excluding hydrogens is 180 g/mol. The number of rotatable bonds is 8. The summed E-state index contributed by atoms with van der Waals surface area (Å²) >= 11 is 0. The van der Waals surface area contributed by atoms with Crippen molar-refractivity contribution in [2.45, 2.75) is 19.9 Å². The van der Waals surface area contributed by atoms with Gasteiger partial charge in [0.15, 0.2) is 0 Å². The predicted octanol–water partition coefficient (Wildman–Crippen LogP) is 0.350. The van der Waals surface area contributed by atoms with Crippen LogP contribution in [0.1, 0.15) is 13.8 Å². The van der Waals surface area contributed by atoms with Crippen molar-refractivity contribution in [2.75, 3.05) is 32.8 Å². The lowest BCUT2D eigenvalue weighted by atomic mass is 10.3. The summed E-state index contributed by atoms with van der Waals surface area (Å²) in [7, 11) is 0. The highest BCUT2D eigenvalue weighted by atomic mass is 16.3. The van der Waals surface area contributed by atoms with Crippen molar-refractivity contribution in [3.8, 4) is 0 Å². The van der Waals surface area contributed by atoms with Crippen molar-refractivity contribution in [3.05, 3.63) is 12.3 Å². The molecule has 0 aromatic heterocycles. The van der Waals surface area contributed by atoms with Gasteiger partial charge in [-0.3, -0.25) is 4.90 Å². The summed E-state index contributed by atoms with van der Waals surface area (Å²) in [5.74, 6) is 0.142. The van der Waals surface area contributed by atoms with Gasteiger partial charge in [-0.2, -0.15) is 0 Å². The highest BCUT2D eigenvalue weighted by molar-refractivity contribution is 4.83. The van der Waals surface area contributed by atoms with E-state index in [1.165, 1.54) is 0 Å².